The third-order valence-electron chi connectivity index (χ3n) is 4.68. The molecule has 2 heterocycles. The van der Waals surface area contributed by atoms with E-state index in [1.807, 2.05) is 43.3 Å². The third kappa shape index (κ3) is 5.73. The first-order valence-corrected chi connectivity index (χ1v) is 9.85. The second-order valence-corrected chi connectivity index (χ2v) is 7.24. The van der Waals surface area contributed by atoms with E-state index in [4.69, 9.17) is 4.52 Å². The molecule has 0 atom stereocenters. The third-order valence-corrected chi connectivity index (χ3v) is 4.68. The van der Waals surface area contributed by atoms with Crippen molar-refractivity contribution >= 4 is 17.6 Å². The Labute approximate surface area is 186 Å². The van der Waals surface area contributed by atoms with Crippen LogP contribution in [0.25, 0.3) is 11.1 Å². The number of hydrogen-bond donors (Lipinski definition) is 1. The molecule has 0 bridgehead atoms. The maximum atomic E-state index is 12.8. The molecular formula is C23H18F3N5O2. The lowest BCUT2D eigenvalue weighted by atomic mass is 10.0. The van der Waals surface area contributed by atoms with E-state index in [-0.39, 0.29) is 11.6 Å². The Kier molecular flexibility index (Phi) is 6.07. The summed E-state index contributed by atoms with van der Waals surface area (Å²) in [4.78, 5) is 7.88. The molecule has 0 saturated heterocycles. The number of nitrogens with one attached hydrogen (secondary N) is 1. The molecule has 33 heavy (non-hydrogen) atoms. The summed E-state index contributed by atoms with van der Waals surface area (Å²) in [5, 5.41) is 18.1. The number of amidine groups is 1. The SMILES string of the molecule is Cc1cc(-c2ccc(C[n+]3cc(/N=C(\[O-])Nc4cccc(C(F)(F)F)c4)on3)cc2)ccn1. The number of aromatic nitrogens is 3. The number of hydrogen-bond acceptors (Lipinski definition) is 5. The van der Waals surface area contributed by atoms with Crippen LogP contribution < -0.4 is 15.1 Å². The highest BCUT2D eigenvalue weighted by molar-refractivity contribution is 5.87. The highest BCUT2D eigenvalue weighted by atomic mass is 19.4. The van der Waals surface area contributed by atoms with Crippen LogP contribution in [0.15, 0.2) is 82.6 Å². The molecule has 10 heteroatoms. The molecular weight excluding hydrogens is 435 g/mol. The molecule has 0 aliphatic heterocycles. The van der Waals surface area contributed by atoms with Gasteiger partial charge in [0.1, 0.15) is 0 Å². The summed E-state index contributed by atoms with van der Waals surface area (Å²) in [5.41, 5.74) is 3.09. The first kappa shape index (κ1) is 22.0. The van der Waals surface area contributed by atoms with Crippen LogP contribution in [-0.4, -0.2) is 16.3 Å². The number of pyridine rings is 1. The van der Waals surface area contributed by atoms with Crippen molar-refractivity contribution in [3.8, 4) is 11.1 Å². The molecule has 2 aromatic heterocycles. The average molecular weight is 453 g/mol. The van der Waals surface area contributed by atoms with E-state index in [9.17, 15) is 18.3 Å². The van der Waals surface area contributed by atoms with E-state index in [1.165, 1.54) is 23.0 Å². The molecule has 0 aliphatic rings. The Morgan fingerprint density at radius 2 is 1.88 bits per heavy atom. The topological polar surface area (TPSA) is 90.2 Å². The van der Waals surface area contributed by atoms with E-state index in [0.29, 0.717) is 6.54 Å². The minimum atomic E-state index is -4.51. The highest BCUT2D eigenvalue weighted by Gasteiger charge is 2.30. The maximum Gasteiger partial charge on any atom is 0.416 e. The van der Waals surface area contributed by atoms with Gasteiger partial charge in [-0.1, -0.05) is 30.3 Å². The van der Waals surface area contributed by atoms with Crippen LogP contribution in [0.2, 0.25) is 0 Å². The molecule has 0 spiro atoms. The fourth-order valence-electron chi connectivity index (χ4n) is 3.13. The predicted molar refractivity (Wildman–Crippen MR) is 112 cm³/mol. The van der Waals surface area contributed by atoms with Gasteiger partial charge in [-0.15, -0.1) is 0 Å². The van der Waals surface area contributed by atoms with E-state index >= 15 is 0 Å². The molecule has 0 unspecified atom stereocenters. The van der Waals surface area contributed by atoms with E-state index < -0.39 is 17.8 Å². The van der Waals surface area contributed by atoms with Crippen molar-refractivity contribution < 1.29 is 27.5 Å². The van der Waals surface area contributed by atoms with Crippen LogP contribution in [-0.2, 0) is 12.7 Å². The molecule has 0 amide bonds. The number of benzene rings is 2. The Morgan fingerprint density at radius 1 is 1.09 bits per heavy atom. The molecule has 0 saturated carbocycles. The van der Waals surface area contributed by atoms with Gasteiger partial charge in [-0.3, -0.25) is 9.51 Å². The first-order chi connectivity index (χ1) is 15.8. The molecule has 0 radical (unpaired) electrons. The summed E-state index contributed by atoms with van der Waals surface area (Å²) in [6.07, 6.45) is -1.33. The maximum absolute atomic E-state index is 12.8. The molecule has 1 N–H and O–H groups in total. The van der Waals surface area contributed by atoms with E-state index in [1.54, 1.807) is 6.20 Å². The minimum absolute atomic E-state index is 0.0320. The van der Waals surface area contributed by atoms with Crippen LogP contribution in [0, 0.1) is 6.92 Å². The monoisotopic (exact) mass is 453 g/mol. The molecule has 4 aromatic rings. The summed E-state index contributed by atoms with van der Waals surface area (Å²) in [5.74, 6) is -0.0802. The summed E-state index contributed by atoms with van der Waals surface area (Å²) in [7, 11) is 0. The Balaban J connectivity index is 1.41. The van der Waals surface area contributed by atoms with Gasteiger partial charge < -0.3 is 10.4 Å². The zero-order chi connectivity index (χ0) is 23.4. The Morgan fingerprint density at radius 3 is 2.61 bits per heavy atom. The smallest absolute Gasteiger partial charge is 0.416 e. The van der Waals surface area contributed by atoms with Gasteiger partial charge in [0, 0.05) is 23.1 Å². The Bertz CT molecular complexity index is 1280. The molecule has 0 fully saturated rings. The second-order valence-electron chi connectivity index (χ2n) is 7.24. The van der Waals surface area contributed by atoms with Crippen LogP contribution in [0.3, 0.4) is 0 Å². The number of rotatable bonds is 5. The van der Waals surface area contributed by atoms with Crippen LogP contribution in [0.4, 0.5) is 24.7 Å². The summed E-state index contributed by atoms with van der Waals surface area (Å²) in [6, 6.07) is 15.2. The molecule has 4 rings (SSSR count). The summed E-state index contributed by atoms with van der Waals surface area (Å²) < 4.78 is 44.9. The Hall–Kier alpha value is -4.21. The summed E-state index contributed by atoms with van der Waals surface area (Å²) >= 11 is 0. The lowest BCUT2D eigenvalue weighted by Gasteiger charge is -2.14. The van der Waals surface area contributed by atoms with Crippen LogP contribution in [0.1, 0.15) is 16.8 Å². The van der Waals surface area contributed by atoms with Gasteiger partial charge in [0.15, 0.2) is 0 Å². The van der Waals surface area contributed by atoms with Crippen molar-refractivity contribution in [3.63, 3.8) is 0 Å². The van der Waals surface area contributed by atoms with E-state index in [0.717, 1.165) is 34.5 Å². The van der Waals surface area contributed by atoms with Crippen molar-refractivity contribution in [2.45, 2.75) is 19.6 Å². The number of aliphatic imine (C=N–C) groups is 1. The number of alkyl halides is 3. The predicted octanol–water partition coefficient (Wildman–Crippen LogP) is 3.86. The second kappa shape index (κ2) is 9.11. The summed E-state index contributed by atoms with van der Waals surface area (Å²) in [6.45, 7) is 2.31. The minimum Gasteiger partial charge on any atom is -0.846 e. The normalized spacial score (nSPS) is 12.1. The largest absolute Gasteiger partial charge is 0.846 e. The van der Waals surface area contributed by atoms with Gasteiger partial charge in [-0.25, -0.2) is 4.99 Å². The fraction of sp³-hybridized carbons (Fsp3) is 0.130. The highest BCUT2D eigenvalue weighted by Crippen LogP contribution is 2.30. The zero-order valence-corrected chi connectivity index (χ0v) is 17.4. The molecule has 2 aromatic carbocycles. The van der Waals surface area contributed by atoms with Gasteiger partial charge in [-0.2, -0.15) is 13.2 Å². The van der Waals surface area contributed by atoms with Gasteiger partial charge in [0.05, 0.1) is 11.6 Å². The molecule has 168 valence electrons. The van der Waals surface area contributed by atoms with Crippen LogP contribution >= 0.6 is 0 Å². The van der Waals surface area contributed by atoms with Crippen molar-refractivity contribution in [1.82, 2.24) is 10.3 Å². The lowest BCUT2D eigenvalue weighted by molar-refractivity contribution is -0.754. The van der Waals surface area contributed by atoms with Gasteiger partial charge >= 0.3 is 12.1 Å². The number of nitrogens with zero attached hydrogens (tertiary/aromatic N) is 4. The van der Waals surface area contributed by atoms with Crippen molar-refractivity contribution in [3.05, 3.63) is 89.9 Å². The number of aryl methyl sites for hydroxylation is 1. The zero-order valence-electron chi connectivity index (χ0n) is 17.4. The quantitative estimate of drug-likeness (QED) is 0.282. The lowest BCUT2D eigenvalue weighted by Crippen LogP contribution is -2.35. The van der Waals surface area contributed by atoms with Crippen molar-refractivity contribution in [2.75, 3.05) is 5.32 Å². The molecule has 0 aliphatic carbocycles. The van der Waals surface area contributed by atoms with Crippen molar-refractivity contribution in [2.24, 2.45) is 4.99 Å². The van der Waals surface area contributed by atoms with Crippen LogP contribution in [0.5, 0.6) is 0 Å². The van der Waals surface area contributed by atoms with E-state index in [2.05, 4.69) is 20.6 Å². The molecule has 7 nitrogen and oxygen atoms in total. The standard InChI is InChI=1S/C23H18F3N5O2/c1-15-11-18(9-10-27-15)17-7-5-16(6-8-17)13-31-14-21(33-30-31)29-22(32)28-20-4-2-3-19(12-20)23(24,25)26/h2-12,14H,13H2,1H3,(H-,28,29,30,32). The van der Waals surface area contributed by atoms with Gasteiger partial charge in [0.25, 0.3) is 6.20 Å². The number of anilines is 1. The first-order valence-electron chi connectivity index (χ1n) is 9.85. The van der Waals surface area contributed by atoms with Crippen molar-refractivity contribution in [1.29, 1.82) is 0 Å². The van der Waals surface area contributed by atoms with Gasteiger partial charge in [-0.05, 0) is 53.1 Å². The number of halogens is 3. The fourth-order valence-corrected chi connectivity index (χ4v) is 3.13. The average Bonchev–Trinajstić information content (AvgIpc) is 3.20. The van der Waals surface area contributed by atoms with Gasteiger partial charge in [0.2, 0.25) is 11.8 Å².